The maximum atomic E-state index is 5.96. The number of pyridine rings is 2. The predicted octanol–water partition coefficient (Wildman–Crippen LogP) is 7.21. The lowest BCUT2D eigenvalue weighted by molar-refractivity contribution is 1.24. The first kappa shape index (κ1) is 16.0. The number of aromatic nitrogens is 4. The fraction of sp³-hybridized carbons (Fsp3) is 0. The van der Waals surface area contributed by atoms with Crippen molar-refractivity contribution < 1.29 is 0 Å². The zero-order valence-electron chi connectivity index (χ0n) is 15.0. The molecule has 0 aliphatic rings. The van der Waals surface area contributed by atoms with Gasteiger partial charge in [-0.15, -0.1) is 22.7 Å². The van der Waals surface area contributed by atoms with E-state index in [0.717, 1.165) is 73.6 Å². The molecule has 0 amide bonds. The first-order valence-electron chi connectivity index (χ1n) is 9.34. The number of fused-ring (bicyclic) bond motifs is 8. The number of benzene rings is 2. The molecule has 0 unspecified atom stereocenters. The van der Waals surface area contributed by atoms with Gasteiger partial charge in [0.1, 0.15) is 41.3 Å². The van der Waals surface area contributed by atoms with Crippen LogP contribution in [0.25, 0.3) is 64.3 Å². The summed E-state index contributed by atoms with van der Waals surface area (Å²) in [5.74, 6) is 0. The molecule has 0 saturated carbocycles. The molecule has 4 nitrogen and oxygen atoms in total. The van der Waals surface area contributed by atoms with Gasteiger partial charge in [0.2, 0.25) is 0 Å². The Kier molecular flexibility index (Phi) is 2.71. The quantitative estimate of drug-likeness (QED) is 0.178. The van der Waals surface area contributed by atoms with Crippen LogP contribution in [-0.2, 0) is 0 Å². The third kappa shape index (κ3) is 1.63. The molecule has 140 valence electrons. The largest absolute Gasteiger partial charge is 0.273 e. The van der Waals surface area contributed by atoms with Crippen LogP contribution in [0.4, 0.5) is 0 Å². The normalized spacial score (nSPS) is 12.9. The lowest BCUT2D eigenvalue weighted by Gasteiger charge is -2.13. The van der Waals surface area contributed by atoms with Crippen LogP contribution in [-0.4, -0.2) is 18.8 Å². The zero-order chi connectivity index (χ0) is 19.7. The smallest absolute Gasteiger partial charge is 0.147 e. The third-order valence-corrected chi connectivity index (χ3v) is 8.62. The number of rotatable bonds is 0. The van der Waals surface area contributed by atoms with Crippen LogP contribution in [0.2, 0.25) is 0 Å². The van der Waals surface area contributed by atoms with E-state index in [-0.39, 0.29) is 0 Å². The van der Waals surface area contributed by atoms with Crippen LogP contribution in [0.15, 0.2) is 47.2 Å². The highest BCUT2D eigenvalue weighted by Gasteiger charge is 2.20. The van der Waals surface area contributed by atoms with Crippen molar-refractivity contribution in [3.05, 3.63) is 56.4 Å². The van der Waals surface area contributed by atoms with Gasteiger partial charge in [-0.05, 0) is 35.0 Å². The van der Waals surface area contributed by atoms with Crippen molar-refractivity contribution in [3.8, 4) is 0 Å². The minimum atomic E-state index is 0.798. The standard InChI is InChI=1S/C22H8N4S4/c27-19-11-3-4-12-16-10(18-24-14-6-8-30-22(14)26(18)20(12)28)2-1-9(15(11)16)17-23-13-5-7-29-21(13)25(17)19/h1-8H. The Hall–Kier alpha value is -2.78. The minimum Gasteiger partial charge on any atom is -0.273 e. The average Bonchev–Trinajstić information content (AvgIpc) is 3.49. The molecule has 8 aromatic rings. The van der Waals surface area contributed by atoms with E-state index in [9.17, 15) is 0 Å². The van der Waals surface area contributed by atoms with Gasteiger partial charge in [-0.1, -0.05) is 36.6 Å². The van der Waals surface area contributed by atoms with E-state index in [1.807, 2.05) is 0 Å². The van der Waals surface area contributed by atoms with Gasteiger partial charge in [0.25, 0.3) is 0 Å². The molecule has 0 bridgehead atoms. The number of hydrogen-bond acceptors (Lipinski definition) is 6. The summed E-state index contributed by atoms with van der Waals surface area (Å²) >= 11 is 15.3. The van der Waals surface area contributed by atoms with E-state index in [4.69, 9.17) is 34.4 Å². The molecule has 0 saturated heterocycles. The van der Waals surface area contributed by atoms with Crippen LogP contribution in [0.5, 0.6) is 0 Å². The average molecular weight is 457 g/mol. The Labute approximate surface area is 185 Å². The number of imidazole rings is 2. The van der Waals surface area contributed by atoms with Gasteiger partial charge in [-0.3, -0.25) is 8.80 Å². The van der Waals surface area contributed by atoms with Crippen molar-refractivity contribution in [2.24, 2.45) is 0 Å². The molecule has 0 spiro atoms. The topological polar surface area (TPSA) is 34.6 Å². The fourth-order valence-electron chi connectivity index (χ4n) is 4.82. The van der Waals surface area contributed by atoms with Gasteiger partial charge in [0, 0.05) is 32.3 Å². The lowest BCUT2D eigenvalue weighted by Crippen LogP contribution is -1.96. The second-order valence-corrected chi connectivity index (χ2v) is 10.0. The minimum absolute atomic E-state index is 0.798. The van der Waals surface area contributed by atoms with Crippen molar-refractivity contribution in [2.45, 2.75) is 0 Å². The SMILES string of the molecule is S=c1c2ccc3c(=S)n4c(nc5ccsc54)c4ccc(c2c34)c2nc3ccsc3n12. The highest BCUT2D eigenvalue weighted by molar-refractivity contribution is 7.71. The number of thiophene rings is 2. The van der Waals surface area contributed by atoms with Gasteiger partial charge in [-0.2, -0.15) is 0 Å². The Morgan fingerprint density at radius 2 is 1.03 bits per heavy atom. The molecule has 0 fully saturated rings. The molecule has 8 heteroatoms. The molecule has 0 aliphatic heterocycles. The molecule has 30 heavy (non-hydrogen) atoms. The van der Waals surface area contributed by atoms with Crippen LogP contribution < -0.4 is 0 Å². The first-order valence-corrected chi connectivity index (χ1v) is 11.9. The predicted molar refractivity (Wildman–Crippen MR) is 131 cm³/mol. The zero-order valence-corrected chi connectivity index (χ0v) is 18.3. The van der Waals surface area contributed by atoms with E-state index < -0.39 is 0 Å². The van der Waals surface area contributed by atoms with E-state index in [1.165, 1.54) is 0 Å². The summed E-state index contributed by atoms with van der Waals surface area (Å²) in [7, 11) is 0. The van der Waals surface area contributed by atoms with Gasteiger partial charge >= 0.3 is 0 Å². The fourth-order valence-corrected chi connectivity index (χ4v) is 7.32. The molecule has 8 rings (SSSR count). The third-order valence-electron chi connectivity index (χ3n) is 6.04. The van der Waals surface area contributed by atoms with Crippen LogP contribution in [0.3, 0.4) is 0 Å². The molecule has 0 aliphatic carbocycles. The van der Waals surface area contributed by atoms with Gasteiger partial charge < -0.3 is 0 Å². The molecule has 0 atom stereocenters. The van der Waals surface area contributed by atoms with E-state index in [0.29, 0.717) is 0 Å². The van der Waals surface area contributed by atoms with Crippen LogP contribution in [0.1, 0.15) is 0 Å². The molecule has 6 aromatic heterocycles. The molecule has 2 aromatic carbocycles. The summed E-state index contributed by atoms with van der Waals surface area (Å²) in [5, 5.41) is 10.7. The summed E-state index contributed by atoms with van der Waals surface area (Å²) in [4.78, 5) is 12.0. The van der Waals surface area contributed by atoms with E-state index in [1.54, 1.807) is 22.7 Å². The summed E-state index contributed by atoms with van der Waals surface area (Å²) in [6, 6.07) is 12.7. The van der Waals surface area contributed by atoms with Crippen molar-refractivity contribution >= 4 is 111 Å². The summed E-state index contributed by atoms with van der Waals surface area (Å²) < 4.78 is 5.83. The molecular weight excluding hydrogens is 449 g/mol. The first-order chi connectivity index (χ1) is 14.7. The van der Waals surface area contributed by atoms with Gasteiger partial charge in [-0.25, -0.2) is 9.97 Å². The highest BCUT2D eigenvalue weighted by atomic mass is 32.1. The van der Waals surface area contributed by atoms with Crippen LogP contribution in [0, 0.1) is 9.28 Å². The molecule has 6 heterocycles. The second-order valence-electron chi connectivity index (χ2n) is 7.45. The van der Waals surface area contributed by atoms with E-state index >= 15 is 0 Å². The van der Waals surface area contributed by atoms with Crippen molar-refractivity contribution in [1.29, 1.82) is 0 Å². The van der Waals surface area contributed by atoms with Crippen molar-refractivity contribution in [2.75, 3.05) is 0 Å². The second kappa shape index (κ2) is 5.09. The summed E-state index contributed by atoms with van der Waals surface area (Å²) in [6.07, 6.45) is 0. The van der Waals surface area contributed by atoms with Crippen molar-refractivity contribution in [3.63, 3.8) is 0 Å². The Balaban J connectivity index is 1.76. The van der Waals surface area contributed by atoms with Gasteiger partial charge in [0.05, 0.1) is 0 Å². The number of hydrogen-bond donors (Lipinski definition) is 0. The maximum absolute atomic E-state index is 5.96. The summed E-state index contributed by atoms with van der Waals surface area (Å²) in [6.45, 7) is 0. The Morgan fingerprint density at radius 1 is 0.600 bits per heavy atom. The van der Waals surface area contributed by atoms with E-state index in [2.05, 4.69) is 56.0 Å². The molecular formula is C22H8N4S4. The summed E-state index contributed by atoms with van der Waals surface area (Å²) in [5.41, 5.74) is 3.81. The molecule has 0 N–H and O–H groups in total. The Bertz CT molecular complexity index is 1960. The van der Waals surface area contributed by atoms with Crippen LogP contribution >= 0.6 is 47.1 Å². The monoisotopic (exact) mass is 456 g/mol. The number of nitrogens with zero attached hydrogens (tertiary/aromatic N) is 4. The molecule has 0 radical (unpaired) electrons. The van der Waals surface area contributed by atoms with Crippen molar-refractivity contribution in [1.82, 2.24) is 18.8 Å². The lowest BCUT2D eigenvalue weighted by atomic mass is 9.97. The maximum Gasteiger partial charge on any atom is 0.147 e. The highest BCUT2D eigenvalue weighted by Crippen LogP contribution is 2.41. The van der Waals surface area contributed by atoms with Gasteiger partial charge in [0.15, 0.2) is 0 Å². The Morgan fingerprint density at radius 3 is 1.50 bits per heavy atom.